The predicted molar refractivity (Wildman–Crippen MR) is 88.2 cm³/mol. The highest BCUT2D eigenvalue weighted by Crippen LogP contribution is 2.47. The summed E-state index contributed by atoms with van der Waals surface area (Å²) >= 11 is 0. The van der Waals surface area contributed by atoms with Gasteiger partial charge in [-0.1, -0.05) is 0 Å². The van der Waals surface area contributed by atoms with Gasteiger partial charge in [0.1, 0.15) is 5.82 Å². The van der Waals surface area contributed by atoms with E-state index >= 15 is 0 Å². The summed E-state index contributed by atoms with van der Waals surface area (Å²) in [6, 6.07) is -0.218. The van der Waals surface area contributed by atoms with Crippen molar-refractivity contribution in [1.29, 1.82) is 0 Å². The number of hydrogen-bond acceptors (Lipinski definition) is 3. The molecule has 1 aromatic rings. The molecule has 0 bridgehead atoms. The summed E-state index contributed by atoms with van der Waals surface area (Å²) in [7, 11) is 3.09. The maximum atomic E-state index is 13.5. The Morgan fingerprint density at radius 2 is 1.96 bits per heavy atom. The summed E-state index contributed by atoms with van der Waals surface area (Å²) in [4.78, 5) is 17.6. The van der Waals surface area contributed by atoms with E-state index in [1.807, 2.05) is 0 Å². The van der Waals surface area contributed by atoms with Gasteiger partial charge < -0.3 is 19.9 Å². The van der Waals surface area contributed by atoms with Crippen LogP contribution in [0.3, 0.4) is 0 Å². The van der Waals surface area contributed by atoms with Crippen molar-refractivity contribution < 1.29 is 23.1 Å². The Labute approximate surface area is 150 Å². The molecule has 1 aromatic heterocycles. The van der Waals surface area contributed by atoms with Crippen molar-refractivity contribution in [3.63, 3.8) is 0 Å². The SMILES string of the molecule is CN(C(=O)NCCC(O)(c1nccn1C)C(F)(F)F)C(C1CC1)C1CC1. The Balaban J connectivity index is 1.61. The standard InChI is InChI=1S/C17H25F3N4O2/c1-23-10-9-21-14(23)16(26,17(18,19)20)7-8-22-15(25)24(2)13(11-3-4-11)12-5-6-12/h9-13,26H,3-8H2,1-2H3,(H,22,25). The van der Waals surface area contributed by atoms with Crippen molar-refractivity contribution in [1.82, 2.24) is 19.8 Å². The van der Waals surface area contributed by atoms with Crippen LogP contribution in [0.2, 0.25) is 0 Å². The zero-order valence-electron chi connectivity index (χ0n) is 15.0. The third-order valence-electron chi connectivity index (χ3n) is 5.40. The fraction of sp³-hybridized carbons (Fsp3) is 0.765. The van der Waals surface area contributed by atoms with Crippen LogP contribution in [0.4, 0.5) is 18.0 Å². The molecular weight excluding hydrogens is 349 g/mol. The number of hydrogen-bond donors (Lipinski definition) is 2. The van der Waals surface area contributed by atoms with Crippen LogP contribution >= 0.6 is 0 Å². The maximum Gasteiger partial charge on any atom is 0.424 e. The lowest BCUT2D eigenvalue weighted by atomic mass is 9.97. The van der Waals surface area contributed by atoms with Crippen molar-refractivity contribution in [3.05, 3.63) is 18.2 Å². The highest BCUT2D eigenvalue weighted by molar-refractivity contribution is 5.74. The quantitative estimate of drug-likeness (QED) is 0.770. The number of aliphatic hydroxyl groups is 1. The summed E-state index contributed by atoms with van der Waals surface area (Å²) in [6.07, 6.45) is 1.36. The van der Waals surface area contributed by atoms with E-state index < -0.39 is 30.1 Å². The van der Waals surface area contributed by atoms with E-state index in [0.717, 1.165) is 30.3 Å². The first-order chi connectivity index (χ1) is 12.1. The van der Waals surface area contributed by atoms with E-state index in [1.165, 1.54) is 19.4 Å². The molecule has 0 aromatic carbocycles. The number of halogens is 3. The monoisotopic (exact) mass is 374 g/mol. The number of rotatable bonds is 7. The van der Waals surface area contributed by atoms with Gasteiger partial charge in [-0.15, -0.1) is 0 Å². The largest absolute Gasteiger partial charge is 0.424 e. The summed E-state index contributed by atoms with van der Waals surface area (Å²) in [5, 5.41) is 12.8. The van der Waals surface area contributed by atoms with Gasteiger partial charge in [0, 0.05) is 45.5 Å². The molecule has 26 heavy (non-hydrogen) atoms. The first-order valence-corrected chi connectivity index (χ1v) is 8.92. The number of aryl methyl sites for hydroxylation is 1. The number of carbonyl (C=O) groups is 1. The second-order valence-corrected chi connectivity index (χ2v) is 7.48. The van der Waals surface area contributed by atoms with Crippen LogP contribution in [0.5, 0.6) is 0 Å². The fourth-order valence-electron chi connectivity index (χ4n) is 3.65. The second-order valence-electron chi connectivity index (χ2n) is 7.48. The lowest BCUT2D eigenvalue weighted by Gasteiger charge is -2.31. The molecule has 9 heteroatoms. The number of imidazole rings is 1. The predicted octanol–water partition coefficient (Wildman–Crippen LogP) is 2.39. The molecule has 1 unspecified atom stereocenters. The number of nitrogens with zero attached hydrogens (tertiary/aromatic N) is 3. The van der Waals surface area contributed by atoms with Gasteiger partial charge in [-0.3, -0.25) is 0 Å². The molecule has 2 fully saturated rings. The van der Waals surface area contributed by atoms with E-state index in [0.29, 0.717) is 11.8 Å². The van der Waals surface area contributed by atoms with Gasteiger partial charge in [-0.05, 0) is 37.5 Å². The van der Waals surface area contributed by atoms with Crippen LogP contribution in [-0.4, -0.2) is 51.4 Å². The number of alkyl halides is 3. The average Bonchev–Trinajstić information content (AvgIpc) is 3.47. The van der Waals surface area contributed by atoms with Gasteiger partial charge in [-0.25, -0.2) is 9.78 Å². The number of carbonyl (C=O) groups excluding carboxylic acids is 1. The van der Waals surface area contributed by atoms with Gasteiger partial charge in [0.2, 0.25) is 5.60 Å². The number of amides is 2. The Kier molecular flexibility index (Phi) is 4.94. The lowest BCUT2D eigenvalue weighted by molar-refractivity contribution is -0.272. The van der Waals surface area contributed by atoms with E-state index in [4.69, 9.17) is 0 Å². The minimum atomic E-state index is -4.90. The van der Waals surface area contributed by atoms with Crippen molar-refractivity contribution in [2.24, 2.45) is 18.9 Å². The Bertz CT molecular complexity index is 643. The third kappa shape index (κ3) is 3.67. The average molecular weight is 374 g/mol. The van der Waals surface area contributed by atoms with Crippen LogP contribution in [-0.2, 0) is 12.6 Å². The van der Waals surface area contributed by atoms with E-state index in [2.05, 4.69) is 10.3 Å². The minimum absolute atomic E-state index is 0.172. The Morgan fingerprint density at radius 3 is 2.38 bits per heavy atom. The van der Waals surface area contributed by atoms with Crippen molar-refractivity contribution >= 4 is 6.03 Å². The van der Waals surface area contributed by atoms with Crippen LogP contribution in [0.1, 0.15) is 37.9 Å². The van der Waals surface area contributed by atoms with Gasteiger partial charge in [0.05, 0.1) is 0 Å². The molecule has 6 nitrogen and oxygen atoms in total. The topological polar surface area (TPSA) is 70.4 Å². The molecule has 2 amide bonds. The Hall–Kier alpha value is -1.77. The highest BCUT2D eigenvalue weighted by atomic mass is 19.4. The number of urea groups is 1. The van der Waals surface area contributed by atoms with Gasteiger partial charge in [0.15, 0.2) is 0 Å². The van der Waals surface area contributed by atoms with Crippen molar-refractivity contribution in [2.75, 3.05) is 13.6 Å². The lowest BCUT2D eigenvalue weighted by Crippen LogP contribution is -2.49. The first kappa shape index (κ1) is 19.0. The molecule has 2 aliphatic carbocycles. The molecule has 1 atom stereocenters. The molecule has 0 saturated heterocycles. The minimum Gasteiger partial charge on any atom is -0.374 e. The van der Waals surface area contributed by atoms with Crippen LogP contribution in [0.25, 0.3) is 0 Å². The van der Waals surface area contributed by atoms with E-state index in [1.54, 1.807) is 11.9 Å². The molecular formula is C17H25F3N4O2. The van der Waals surface area contributed by atoms with E-state index in [9.17, 15) is 23.1 Å². The summed E-state index contributed by atoms with van der Waals surface area (Å²) in [5.74, 6) is 0.539. The smallest absolute Gasteiger partial charge is 0.374 e. The van der Waals surface area contributed by atoms with Crippen molar-refractivity contribution in [2.45, 2.75) is 49.9 Å². The van der Waals surface area contributed by atoms with Crippen LogP contribution < -0.4 is 5.32 Å². The molecule has 0 radical (unpaired) electrons. The van der Waals surface area contributed by atoms with Gasteiger partial charge >= 0.3 is 12.2 Å². The van der Waals surface area contributed by atoms with Crippen LogP contribution in [0.15, 0.2) is 12.4 Å². The summed E-state index contributed by atoms with van der Waals surface area (Å²) < 4.78 is 41.5. The Morgan fingerprint density at radius 1 is 1.38 bits per heavy atom. The molecule has 146 valence electrons. The summed E-state index contributed by atoms with van der Waals surface area (Å²) in [6.45, 7) is -0.298. The number of nitrogens with one attached hydrogen (secondary N) is 1. The maximum absolute atomic E-state index is 13.5. The molecule has 1 heterocycles. The van der Waals surface area contributed by atoms with Crippen molar-refractivity contribution in [3.8, 4) is 0 Å². The zero-order valence-corrected chi connectivity index (χ0v) is 15.0. The second kappa shape index (κ2) is 6.75. The first-order valence-electron chi connectivity index (χ1n) is 8.92. The van der Waals surface area contributed by atoms with Gasteiger partial charge in [0.25, 0.3) is 0 Å². The molecule has 2 N–H and O–H groups in total. The van der Waals surface area contributed by atoms with E-state index in [-0.39, 0.29) is 12.6 Å². The number of aromatic nitrogens is 2. The summed E-state index contributed by atoms with van der Waals surface area (Å²) in [5.41, 5.74) is -3.11. The van der Waals surface area contributed by atoms with Gasteiger partial charge in [-0.2, -0.15) is 13.2 Å². The zero-order chi connectivity index (χ0) is 19.1. The highest BCUT2D eigenvalue weighted by Gasteiger charge is 2.57. The van der Waals surface area contributed by atoms with Crippen LogP contribution in [0, 0.1) is 11.8 Å². The molecule has 0 spiro atoms. The normalized spacial score (nSPS) is 20.1. The fourth-order valence-corrected chi connectivity index (χ4v) is 3.65. The molecule has 2 saturated carbocycles. The third-order valence-corrected chi connectivity index (χ3v) is 5.40. The molecule has 2 aliphatic rings. The molecule has 0 aliphatic heterocycles. The molecule has 3 rings (SSSR count).